The summed E-state index contributed by atoms with van der Waals surface area (Å²) in [6, 6.07) is 11.7. The molecule has 31 heavy (non-hydrogen) atoms. The summed E-state index contributed by atoms with van der Waals surface area (Å²) in [5, 5.41) is 0. The topological polar surface area (TPSA) is 59.1 Å². The van der Waals surface area contributed by atoms with E-state index in [-0.39, 0.29) is 23.1 Å². The molecule has 4 heterocycles. The van der Waals surface area contributed by atoms with E-state index in [1.165, 1.54) is 17.3 Å². The van der Waals surface area contributed by atoms with Crippen LogP contribution in [-0.2, 0) is 14.5 Å². The van der Waals surface area contributed by atoms with Gasteiger partial charge in [-0.15, -0.1) is 11.8 Å². The van der Waals surface area contributed by atoms with Gasteiger partial charge in [0.15, 0.2) is 11.5 Å². The first-order chi connectivity index (χ1) is 14.8. The Morgan fingerprint density at radius 2 is 1.81 bits per heavy atom. The van der Waals surface area contributed by atoms with Gasteiger partial charge in [-0.1, -0.05) is 25.1 Å². The number of rotatable bonds is 1. The van der Waals surface area contributed by atoms with E-state index in [1.807, 2.05) is 35.2 Å². The number of amides is 2. The molecule has 1 saturated heterocycles. The van der Waals surface area contributed by atoms with Crippen molar-refractivity contribution < 1.29 is 19.1 Å². The minimum atomic E-state index is -1.09. The third-order valence-electron chi connectivity index (χ3n) is 6.84. The molecular formula is C24H24N2O4S. The molecule has 0 unspecified atom stereocenters. The molecule has 4 aliphatic heterocycles. The van der Waals surface area contributed by atoms with Gasteiger partial charge in [0.1, 0.15) is 13.2 Å². The van der Waals surface area contributed by atoms with E-state index in [1.54, 1.807) is 4.90 Å². The van der Waals surface area contributed by atoms with Crippen molar-refractivity contribution in [1.29, 1.82) is 0 Å². The molecule has 4 aliphatic rings. The Balaban J connectivity index is 1.57. The predicted molar refractivity (Wildman–Crippen MR) is 120 cm³/mol. The minimum Gasteiger partial charge on any atom is -0.486 e. The van der Waals surface area contributed by atoms with Gasteiger partial charge in [0, 0.05) is 22.9 Å². The van der Waals surface area contributed by atoms with Crippen molar-refractivity contribution in [3.63, 3.8) is 0 Å². The fourth-order valence-corrected chi connectivity index (χ4v) is 7.03. The maximum absolute atomic E-state index is 14.2. The Labute approximate surface area is 185 Å². The standard InChI is InChI=1S/C24H24N2O4S/c1-14-12-23(2,3)26-21-16(14)5-4-6-17(21)24(22(26)28)25(20(27)13-31-24)15-7-8-18-19(11-15)30-10-9-29-18/h4-8,11,14H,9-10,12-13H2,1-3H3/t14-,24+/m1/s1. The summed E-state index contributed by atoms with van der Waals surface area (Å²) in [7, 11) is 0. The first-order valence-corrected chi connectivity index (χ1v) is 11.7. The zero-order chi connectivity index (χ0) is 21.5. The second-order valence-electron chi connectivity index (χ2n) is 9.29. The van der Waals surface area contributed by atoms with Crippen LogP contribution in [0.25, 0.3) is 0 Å². The molecule has 6 nitrogen and oxygen atoms in total. The number of benzene rings is 2. The summed E-state index contributed by atoms with van der Waals surface area (Å²) in [4.78, 5) is 30.0. The highest BCUT2D eigenvalue weighted by Crippen LogP contribution is 2.61. The van der Waals surface area contributed by atoms with Gasteiger partial charge in [0.2, 0.25) is 10.8 Å². The molecule has 1 fully saturated rings. The summed E-state index contributed by atoms with van der Waals surface area (Å²) in [5.41, 5.74) is 3.43. The van der Waals surface area contributed by atoms with Gasteiger partial charge in [-0.05, 0) is 43.9 Å². The number of hydrogen-bond acceptors (Lipinski definition) is 5. The van der Waals surface area contributed by atoms with Crippen molar-refractivity contribution in [1.82, 2.24) is 0 Å². The van der Waals surface area contributed by atoms with E-state index in [0.717, 1.165) is 17.7 Å². The van der Waals surface area contributed by atoms with Gasteiger partial charge in [-0.3, -0.25) is 14.5 Å². The predicted octanol–water partition coefficient (Wildman–Crippen LogP) is 4.02. The van der Waals surface area contributed by atoms with Crippen LogP contribution in [-0.4, -0.2) is 36.3 Å². The number of fused-ring (bicyclic) bond motifs is 2. The molecule has 7 heteroatoms. The van der Waals surface area contributed by atoms with Gasteiger partial charge in [0.25, 0.3) is 5.91 Å². The van der Waals surface area contributed by atoms with Crippen LogP contribution in [0.15, 0.2) is 36.4 Å². The number of ether oxygens (including phenoxy) is 2. The molecule has 0 radical (unpaired) electrons. The molecule has 1 spiro atoms. The summed E-state index contributed by atoms with van der Waals surface area (Å²) in [6.45, 7) is 7.43. The Morgan fingerprint density at radius 3 is 2.61 bits per heavy atom. The number of para-hydroxylation sites is 1. The van der Waals surface area contributed by atoms with Crippen molar-refractivity contribution in [3.05, 3.63) is 47.5 Å². The van der Waals surface area contributed by atoms with Crippen molar-refractivity contribution in [2.24, 2.45) is 0 Å². The Hall–Kier alpha value is -2.67. The van der Waals surface area contributed by atoms with Crippen molar-refractivity contribution in [2.45, 2.75) is 43.5 Å². The molecule has 2 aromatic carbocycles. The van der Waals surface area contributed by atoms with Crippen molar-refractivity contribution >= 4 is 35.0 Å². The van der Waals surface area contributed by atoms with Crippen LogP contribution in [0.3, 0.4) is 0 Å². The normalized spacial score (nSPS) is 27.8. The molecular weight excluding hydrogens is 412 g/mol. The maximum atomic E-state index is 14.2. The quantitative estimate of drug-likeness (QED) is 0.676. The number of hydrogen-bond donors (Lipinski definition) is 0. The van der Waals surface area contributed by atoms with E-state index in [0.29, 0.717) is 36.3 Å². The lowest BCUT2D eigenvalue weighted by atomic mass is 9.80. The first-order valence-electron chi connectivity index (χ1n) is 10.7. The summed E-state index contributed by atoms with van der Waals surface area (Å²) >= 11 is 1.42. The highest BCUT2D eigenvalue weighted by Gasteiger charge is 2.64. The monoisotopic (exact) mass is 436 g/mol. The minimum absolute atomic E-state index is 0.0300. The second-order valence-corrected chi connectivity index (χ2v) is 10.5. The summed E-state index contributed by atoms with van der Waals surface area (Å²) < 4.78 is 11.4. The van der Waals surface area contributed by atoms with Crippen molar-refractivity contribution in [3.8, 4) is 11.5 Å². The SMILES string of the molecule is C[C@@H]1CC(C)(C)N2C(=O)[C@@]3(SCC(=O)N3c3ccc4c(c3)OCCO4)c3cccc1c32. The summed E-state index contributed by atoms with van der Waals surface area (Å²) in [6.07, 6.45) is 0.883. The zero-order valence-corrected chi connectivity index (χ0v) is 18.6. The molecule has 0 aromatic heterocycles. The van der Waals surface area contributed by atoms with E-state index in [2.05, 4.69) is 26.8 Å². The second kappa shape index (κ2) is 6.19. The van der Waals surface area contributed by atoms with E-state index < -0.39 is 4.87 Å². The lowest BCUT2D eigenvalue weighted by Crippen LogP contribution is -2.56. The van der Waals surface area contributed by atoms with Crippen LogP contribution in [0.2, 0.25) is 0 Å². The van der Waals surface area contributed by atoms with Crippen molar-refractivity contribution in [2.75, 3.05) is 28.8 Å². The van der Waals surface area contributed by atoms with Gasteiger partial charge in [0.05, 0.1) is 11.4 Å². The number of carbonyl (C=O) groups is 2. The van der Waals surface area contributed by atoms with Crippen LogP contribution < -0.4 is 19.3 Å². The highest BCUT2D eigenvalue weighted by atomic mass is 32.2. The van der Waals surface area contributed by atoms with Gasteiger partial charge in [-0.25, -0.2) is 0 Å². The highest BCUT2D eigenvalue weighted by molar-refractivity contribution is 8.02. The van der Waals surface area contributed by atoms with Crippen LogP contribution in [0.4, 0.5) is 11.4 Å². The largest absolute Gasteiger partial charge is 0.486 e. The molecule has 0 aliphatic carbocycles. The third-order valence-corrected chi connectivity index (χ3v) is 8.23. The smallest absolute Gasteiger partial charge is 0.269 e. The average Bonchev–Trinajstić information content (AvgIpc) is 3.22. The Kier molecular flexibility index (Phi) is 3.80. The van der Waals surface area contributed by atoms with Crippen LogP contribution >= 0.6 is 11.8 Å². The van der Waals surface area contributed by atoms with Gasteiger partial charge in [-0.2, -0.15) is 0 Å². The molecule has 0 bridgehead atoms. The first kappa shape index (κ1) is 19.0. The number of nitrogens with zero attached hydrogens (tertiary/aromatic N) is 2. The number of thioether (sulfide) groups is 1. The zero-order valence-electron chi connectivity index (χ0n) is 17.8. The van der Waals surface area contributed by atoms with Gasteiger partial charge < -0.3 is 14.4 Å². The fourth-order valence-electron chi connectivity index (χ4n) is 5.70. The molecule has 0 N–H and O–H groups in total. The molecule has 160 valence electrons. The average molecular weight is 437 g/mol. The van der Waals surface area contributed by atoms with E-state index in [9.17, 15) is 9.59 Å². The lowest BCUT2D eigenvalue weighted by molar-refractivity contribution is -0.124. The number of carbonyl (C=O) groups excluding carboxylic acids is 2. The van der Waals surface area contributed by atoms with Crippen LogP contribution in [0.5, 0.6) is 11.5 Å². The molecule has 2 amide bonds. The summed E-state index contributed by atoms with van der Waals surface area (Å²) in [5.74, 6) is 1.77. The molecule has 0 saturated carbocycles. The van der Waals surface area contributed by atoms with Gasteiger partial charge >= 0.3 is 0 Å². The van der Waals surface area contributed by atoms with Crippen LogP contribution in [0, 0.1) is 0 Å². The maximum Gasteiger partial charge on any atom is 0.269 e. The Morgan fingerprint density at radius 1 is 1.03 bits per heavy atom. The molecule has 6 rings (SSSR count). The molecule has 2 atom stereocenters. The number of anilines is 2. The lowest BCUT2D eigenvalue weighted by Gasteiger charge is -2.44. The third kappa shape index (κ3) is 2.35. The van der Waals surface area contributed by atoms with Crippen LogP contribution in [0.1, 0.15) is 44.2 Å². The van der Waals surface area contributed by atoms with E-state index in [4.69, 9.17) is 9.47 Å². The van der Waals surface area contributed by atoms with E-state index >= 15 is 0 Å². The molecule has 2 aromatic rings. The fraction of sp³-hybridized carbons (Fsp3) is 0.417. The Bertz CT molecular complexity index is 1150.